The number of amides is 1. The number of nitrogens with zero attached hydrogens (tertiary/aromatic N) is 2. The average Bonchev–Trinajstić information content (AvgIpc) is 2.78. The molecule has 186 valence electrons. The standard InChI is InChI=1S/C30H39N3O2/c1-30(2)20-33(29(34)27-14-25(10-11-28(27)30)31-26-18-35-19-26)17-24(21-8-5-9-21)16-32-13-12-22-6-3-4-7-23(22)15-32/h3-4,6-7,10-11,14,21,24,26,31H,5,8-9,12-13,15-20H2,1-2H3. The van der Waals surface area contributed by atoms with Crippen LogP contribution >= 0.6 is 0 Å². The molecular weight excluding hydrogens is 434 g/mol. The second-order valence-corrected chi connectivity index (χ2v) is 11.9. The summed E-state index contributed by atoms with van der Waals surface area (Å²) in [5.41, 5.74) is 6.03. The van der Waals surface area contributed by atoms with Crippen molar-refractivity contribution in [2.45, 2.75) is 57.5 Å². The van der Waals surface area contributed by atoms with Gasteiger partial charge in [-0.15, -0.1) is 0 Å². The number of hydrogen-bond acceptors (Lipinski definition) is 4. The van der Waals surface area contributed by atoms with E-state index in [1.165, 1.54) is 36.0 Å². The molecule has 2 aromatic rings. The summed E-state index contributed by atoms with van der Waals surface area (Å²) in [5, 5.41) is 3.53. The Hall–Kier alpha value is -2.37. The predicted molar refractivity (Wildman–Crippen MR) is 140 cm³/mol. The lowest BCUT2D eigenvalue weighted by Crippen LogP contribution is -2.51. The van der Waals surface area contributed by atoms with Crippen molar-refractivity contribution in [3.8, 4) is 0 Å². The molecule has 35 heavy (non-hydrogen) atoms. The molecule has 0 bridgehead atoms. The maximum Gasteiger partial charge on any atom is 0.254 e. The van der Waals surface area contributed by atoms with Crippen LogP contribution < -0.4 is 5.32 Å². The summed E-state index contributed by atoms with van der Waals surface area (Å²) in [6.07, 6.45) is 5.11. The van der Waals surface area contributed by atoms with Crippen molar-refractivity contribution >= 4 is 11.6 Å². The summed E-state index contributed by atoms with van der Waals surface area (Å²) in [5.74, 6) is 1.50. The van der Waals surface area contributed by atoms with Gasteiger partial charge in [-0.3, -0.25) is 9.69 Å². The van der Waals surface area contributed by atoms with E-state index in [-0.39, 0.29) is 11.3 Å². The summed E-state index contributed by atoms with van der Waals surface area (Å²) in [6.45, 7) is 11.0. The van der Waals surface area contributed by atoms with Gasteiger partial charge in [0.25, 0.3) is 5.91 Å². The molecule has 0 aromatic heterocycles. The third-order valence-electron chi connectivity index (χ3n) is 8.84. The third-order valence-corrected chi connectivity index (χ3v) is 8.84. The number of ether oxygens (including phenoxy) is 1. The minimum absolute atomic E-state index is 0.0460. The van der Waals surface area contributed by atoms with Gasteiger partial charge in [0.2, 0.25) is 0 Å². The van der Waals surface area contributed by atoms with Crippen LogP contribution in [-0.4, -0.2) is 61.1 Å². The lowest BCUT2D eigenvalue weighted by atomic mass is 9.73. The third kappa shape index (κ3) is 4.61. The van der Waals surface area contributed by atoms with Crippen LogP contribution in [0.5, 0.6) is 0 Å². The molecule has 5 heteroatoms. The van der Waals surface area contributed by atoms with Gasteiger partial charge < -0.3 is 15.0 Å². The van der Waals surface area contributed by atoms with Crippen molar-refractivity contribution in [2.24, 2.45) is 11.8 Å². The predicted octanol–water partition coefficient (Wildman–Crippen LogP) is 4.71. The van der Waals surface area contributed by atoms with E-state index in [0.29, 0.717) is 12.0 Å². The Kier molecular flexibility index (Phi) is 6.10. The van der Waals surface area contributed by atoms with E-state index in [1.54, 1.807) is 0 Å². The summed E-state index contributed by atoms with van der Waals surface area (Å²) < 4.78 is 5.31. The van der Waals surface area contributed by atoms with E-state index in [1.807, 2.05) is 0 Å². The van der Waals surface area contributed by atoms with E-state index in [2.05, 4.69) is 71.4 Å². The molecule has 1 unspecified atom stereocenters. The molecule has 1 amide bonds. The number of carbonyl (C=O) groups is 1. The van der Waals surface area contributed by atoms with E-state index >= 15 is 0 Å². The molecule has 1 saturated carbocycles. The Bertz CT molecular complexity index is 1090. The van der Waals surface area contributed by atoms with Gasteiger partial charge in [-0.05, 0) is 47.1 Å². The largest absolute Gasteiger partial charge is 0.378 e. The molecule has 1 atom stereocenters. The molecule has 4 aliphatic rings. The molecule has 3 heterocycles. The van der Waals surface area contributed by atoms with Gasteiger partial charge in [0.15, 0.2) is 0 Å². The quantitative estimate of drug-likeness (QED) is 0.633. The van der Waals surface area contributed by atoms with Crippen LogP contribution in [0, 0.1) is 11.8 Å². The van der Waals surface area contributed by atoms with Gasteiger partial charge in [-0.1, -0.05) is 63.4 Å². The fourth-order valence-corrected chi connectivity index (χ4v) is 6.50. The number of fused-ring (bicyclic) bond motifs is 2. The molecule has 1 saturated heterocycles. The van der Waals surface area contributed by atoms with E-state index in [4.69, 9.17) is 4.74 Å². The number of hydrogen-bond donors (Lipinski definition) is 1. The first-order valence-electron chi connectivity index (χ1n) is 13.5. The Morgan fingerprint density at radius 3 is 2.60 bits per heavy atom. The summed E-state index contributed by atoms with van der Waals surface area (Å²) in [6, 6.07) is 15.6. The molecule has 1 N–H and O–H groups in total. The normalized spacial score (nSPS) is 23.1. The zero-order valence-corrected chi connectivity index (χ0v) is 21.3. The Morgan fingerprint density at radius 2 is 1.89 bits per heavy atom. The zero-order chi connectivity index (χ0) is 24.0. The van der Waals surface area contributed by atoms with Crippen molar-refractivity contribution in [1.82, 2.24) is 9.80 Å². The second-order valence-electron chi connectivity index (χ2n) is 11.9. The highest BCUT2D eigenvalue weighted by molar-refractivity contribution is 5.98. The Balaban J connectivity index is 1.20. The maximum atomic E-state index is 13.8. The molecule has 2 fully saturated rings. The topological polar surface area (TPSA) is 44.8 Å². The molecule has 0 spiro atoms. The van der Waals surface area contributed by atoms with Crippen LogP contribution in [0.15, 0.2) is 42.5 Å². The smallest absolute Gasteiger partial charge is 0.254 e. The minimum Gasteiger partial charge on any atom is -0.378 e. The summed E-state index contributed by atoms with van der Waals surface area (Å²) >= 11 is 0. The van der Waals surface area contributed by atoms with Gasteiger partial charge in [-0.2, -0.15) is 0 Å². The van der Waals surface area contributed by atoms with E-state index in [0.717, 1.165) is 69.5 Å². The van der Waals surface area contributed by atoms with Crippen LogP contribution in [0.3, 0.4) is 0 Å². The molecule has 2 aromatic carbocycles. The van der Waals surface area contributed by atoms with Crippen molar-refractivity contribution in [2.75, 3.05) is 44.7 Å². The van der Waals surface area contributed by atoms with Gasteiger partial charge in [0.05, 0.1) is 19.3 Å². The van der Waals surface area contributed by atoms with Gasteiger partial charge in [0, 0.05) is 49.4 Å². The number of anilines is 1. The van der Waals surface area contributed by atoms with Crippen molar-refractivity contribution < 1.29 is 9.53 Å². The molecule has 6 rings (SSSR count). The fourth-order valence-electron chi connectivity index (χ4n) is 6.50. The highest BCUT2D eigenvalue weighted by Gasteiger charge is 2.39. The molecule has 0 radical (unpaired) electrons. The summed E-state index contributed by atoms with van der Waals surface area (Å²) in [4.78, 5) is 18.6. The SMILES string of the molecule is CC1(C)CN(CC(CN2CCc3ccccc3C2)C2CCC2)C(=O)c2cc(NC3COC3)ccc21. The Labute approximate surface area is 209 Å². The number of benzene rings is 2. The highest BCUT2D eigenvalue weighted by Crippen LogP contribution is 2.39. The van der Waals surface area contributed by atoms with Crippen molar-refractivity contribution in [3.63, 3.8) is 0 Å². The monoisotopic (exact) mass is 473 g/mol. The van der Waals surface area contributed by atoms with Gasteiger partial charge >= 0.3 is 0 Å². The highest BCUT2D eigenvalue weighted by atomic mass is 16.5. The first-order chi connectivity index (χ1) is 17.0. The Morgan fingerprint density at radius 1 is 1.09 bits per heavy atom. The van der Waals surface area contributed by atoms with Crippen LogP contribution in [-0.2, 0) is 23.1 Å². The molecule has 1 aliphatic carbocycles. The van der Waals surface area contributed by atoms with Crippen LogP contribution in [0.1, 0.15) is 60.2 Å². The van der Waals surface area contributed by atoms with Crippen molar-refractivity contribution in [1.29, 1.82) is 0 Å². The second kappa shape index (κ2) is 9.25. The van der Waals surface area contributed by atoms with Crippen LogP contribution in [0.4, 0.5) is 5.69 Å². The van der Waals surface area contributed by atoms with Crippen LogP contribution in [0.2, 0.25) is 0 Å². The fraction of sp³-hybridized carbons (Fsp3) is 0.567. The molecular formula is C30H39N3O2. The molecule has 5 nitrogen and oxygen atoms in total. The number of carbonyl (C=O) groups excluding carboxylic acids is 1. The summed E-state index contributed by atoms with van der Waals surface area (Å²) in [7, 11) is 0. The lowest BCUT2D eigenvalue weighted by Gasteiger charge is -2.45. The van der Waals surface area contributed by atoms with Gasteiger partial charge in [0.1, 0.15) is 0 Å². The zero-order valence-electron chi connectivity index (χ0n) is 21.3. The number of rotatable bonds is 7. The van der Waals surface area contributed by atoms with E-state index in [9.17, 15) is 4.79 Å². The first kappa shape index (κ1) is 23.1. The minimum atomic E-state index is -0.0460. The maximum absolute atomic E-state index is 13.8. The lowest BCUT2D eigenvalue weighted by molar-refractivity contribution is 0.0211. The average molecular weight is 474 g/mol. The van der Waals surface area contributed by atoms with Crippen LogP contribution in [0.25, 0.3) is 0 Å². The van der Waals surface area contributed by atoms with Gasteiger partial charge in [-0.25, -0.2) is 0 Å². The van der Waals surface area contributed by atoms with Crippen molar-refractivity contribution in [3.05, 3.63) is 64.7 Å². The molecule has 3 aliphatic heterocycles. The van der Waals surface area contributed by atoms with E-state index < -0.39 is 0 Å². The first-order valence-corrected chi connectivity index (χ1v) is 13.5. The number of nitrogens with one attached hydrogen (secondary N) is 1.